The van der Waals surface area contributed by atoms with E-state index in [1.165, 1.54) is 0 Å². The lowest BCUT2D eigenvalue weighted by Gasteiger charge is -2.35. The van der Waals surface area contributed by atoms with E-state index in [0.717, 1.165) is 13.0 Å². The summed E-state index contributed by atoms with van der Waals surface area (Å²) in [5.41, 5.74) is 5.79. The molecule has 2 aliphatic rings. The summed E-state index contributed by atoms with van der Waals surface area (Å²) in [4.78, 5) is 13.9. The maximum absolute atomic E-state index is 12.0. The number of amides is 1. The fourth-order valence-electron chi connectivity index (χ4n) is 2.09. The Bertz CT molecular complexity index is 255. The SMILES string of the molecule is CC(N)C1CN(C(=O)C2CC2C)CCO1. The summed E-state index contributed by atoms with van der Waals surface area (Å²) >= 11 is 0. The molecule has 1 amide bonds. The molecule has 1 saturated carbocycles. The molecule has 86 valence electrons. The number of nitrogens with zero attached hydrogens (tertiary/aromatic N) is 1. The van der Waals surface area contributed by atoms with Crippen LogP contribution >= 0.6 is 0 Å². The zero-order valence-electron chi connectivity index (χ0n) is 9.48. The van der Waals surface area contributed by atoms with E-state index in [4.69, 9.17) is 10.5 Å². The number of hydrogen-bond acceptors (Lipinski definition) is 3. The predicted molar refractivity (Wildman–Crippen MR) is 57.2 cm³/mol. The van der Waals surface area contributed by atoms with Crippen LogP contribution in [0.2, 0.25) is 0 Å². The molecule has 1 heterocycles. The average Bonchev–Trinajstić information content (AvgIpc) is 2.94. The van der Waals surface area contributed by atoms with Gasteiger partial charge in [-0.15, -0.1) is 0 Å². The van der Waals surface area contributed by atoms with E-state index in [9.17, 15) is 4.79 Å². The Hall–Kier alpha value is -0.610. The summed E-state index contributed by atoms with van der Waals surface area (Å²) < 4.78 is 5.53. The summed E-state index contributed by atoms with van der Waals surface area (Å²) in [7, 11) is 0. The van der Waals surface area contributed by atoms with Crippen LogP contribution in [0.4, 0.5) is 0 Å². The van der Waals surface area contributed by atoms with Gasteiger partial charge in [-0.1, -0.05) is 6.92 Å². The second-order valence-electron chi connectivity index (χ2n) is 4.87. The van der Waals surface area contributed by atoms with Gasteiger partial charge < -0.3 is 15.4 Å². The molecule has 1 aliphatic heterocycles. The molecule has 2 rings (SSSR count). The molecule has 15 heavy (non-hydrogen) atoms. The van der Waals surface area contributed by atoms with E-state index in [0.29, 0.717) is 25.0 Å². The molecule has 1 aliphatic carbocycles. The number of carbonyl (C=O) groups excluding carboxylic acids is 1. The molecule has 2 fully saturated rings. The zero-order valence-corrected chi connectivity index (χ0v) is 9.48. The van der Waals surface area contributed by atoms with Gasteiger partial charge in [0.05, 0.1) is 12.7 Å². The lowest BCUT2D eigenvalue weighted by Crippen LogP contribution is -2.51. The molecule has 2 N–H and O–H groups in total. The number of nitrogens with two attached hydrogens (primary N) is 1. The second kappa shape index (κ2) is 4.10. The molecular weight excluding hydrogens is 192 g/mol. The van der Waals surface area contributed by atoms with Gasteiger partial charge in [0.15, 0.2) is 0 Å². The highest BCUT2D eigenvalue weighted by molar-refractivity contribution is 5.81. The van der Waals surface area contributed by atoms with Crippen LogP contribution in [0.15, 0.2) is 0 Å². The average molecular weight is 212 g/mol. The molecule has 0 aromatic heterocycles. The Balaban J connectivity index is 1.89. The first-order valence-electron chi connectivity index (χ1n) is 5.75. The number of ether oxygens (including phenoxy) is 1. The van der Waals surface area contributed by atoms with Crippen LogP contribution in [-0.2, 0) is 9.53 Å². The van der Waals surface area contributed by atoms with Crippen molar-refractivity contribution in [3.63, 3.8) is 0 Å². The molecule has 0 aromatic rings. The predicted octanol–water partition coefficient (Wildman–Crippen LogP) is 0.217. The normalized spacial score (nSPS) is 37.5. The first-order chi connectivity index (χ1) is 7.09. The Labute approximate surface area is 90.8 Å². The molecule has 0 radical (unpaired) electrons. The minimum absolute atomic E-state index is 0.00257. The van der Waals surface area contributed by atoms with E-state index in [1.54, 1.807) is 0 Å². The van der Waals surface area contributed by atoms with Crippen molar-refractivity contribution in [2.24, 2.45) is 17.6 Å². The van der Waals surface area contributed by atoms with E-state index in [2.05, 4.69) is 6.92 Å². The van der Waals surface area contributed by atoms with Gasteiger partial charge in [-0.25, -0.2) is 0 Å². The van der Waals surface area contributed by atoms with Crippen molar-refractivity contribution in [2.75, 3.05) is 19.7 Å². The first kappa shape index (κ1) is 10.9. The van der Waals surface area contributed by atoms with Crippen molar-refractivity contribution in [3.8, 4) is 0 Å². The Kier molecular flexibility index (Phi) is 2.98. The van der Waals surface area contributed by atoms with Crippen LogP contribution in [-0.4, -0.2) is 42.6 Å². The summed E-state index contributed by atoms with van der Waals surface area (Å²) in [6, 6.07) is -0.00257. The van der Waals surface area contributed by atoms with E-state index in [-0.39, 0.29) is 18.1 Å². The molecule has 1 saturated heterocycles. The van der Waals surface area contributed by atoms with Crippen molar-refractivity contribution in [1.82, 2.24) is 4.90 Å². The molecule has 0 aromatic carbocycles. The van der Waals surface area contributed by atoms with E-state index in [1.807, 2.05) is 11.8 Å². The molecule has 4 heteroatoms. The zero-order chi connectivity index (χ0) is 11.0. The topological polar surface area (TPSA) is 55.6 Å². The van der Waals surface area contributed by atoms with Crippen LogP contribution in [0.25, 0.3) is 0 Å². The van der Waals surface area contributed by atoms with Gasteiger partial charge in [0.2, 0.25) is 5.91 Å². The highest BCUT2D eigenvalue weighted by atomic mass is 16.5. The Morgan fingerprint density at radius 1 is 1.60 bits per heavy atom. The summed E-state index contributed by atoms with van der Waals surface area (Å²) in [5.74, 6) is 1.15. The first-order valence-corrected chi connectivity index (χ1v) is 5.75. The number of rotatable bonds is 2. The third-order valence-corrected chi connectivity index (χ3v) is 3.42. The van der Waals surface area contributed by atoms with Crippen molar-refractivity contribution in [2.45, 2.75) is 32.4 Å². The van der Waals surface area contributed by atoms with Crippen molar-refractivity contribution < 1.29 is 9.53 Å². The molecule has 4 atom stereocenters. The minimum atomic E-state index is -0.00257. The van der Waals surface area contributed by atoms with Gasteiger partial charge in [-0.2, -0.15) is 0 Å². The maximum Gasteiger partial charge on any atom is 0.226 e. The second-order valence-corrected chi connectivity index (χ2v) is 4.87. The highest BCUT2D eigenvalue weighted by Gasteiger charge is 2.42. The Morgan fingerprint density at radius 3 is 2.80 bits per heavy atom. The largest absolute Gasteiger partial charge is 0.373 e. The van der Waals surface area contributed by atoms with Gasteiger partial charge in [-0.3, -0.25) is 4.79 Å². The van der Waals surface area contributed by atoms with Crippen LogP contribution in [0.1, 0.15) is 20.3 Å². The number of morpholine rings is 1. The quantitative estimate of drug-likeness (QED) is 0.712. The third-order valence-electron chi connectivity index (χ3n) is 3.42. The molecule has 0 bridgehead atoms. The van der Waals surface area contributed by atoms with Gasteiger partial charge in [-0.05, 0) is 19.3 Å². The molecular formula is C11H20N2O2. The molecule has 4 unspecified atom stereocenters. The fourth-order valence-corrected chi connectivity index (χ4v) is 2.09. The third kappa shape index (κ3) is 2.32. The van der Waals surface area contributed by atoms with Crippen molar-refractivity contribution in [3.05, 3.63) is 0 Å². The number of carbonyl (C=O) groups is 1. The molecule has 4 nitrogen and oxygen atoms in total. The lowest BCUT2D eigenvalue weighted by molar-refractivity contribution is -0.141. The smallest absolute Gasteiger partial charge is 0.226 e. The standard InChI is InChI=1S/C11H20N2O2/c1-7-5-9(7)11(14)13-3-4-15-10(6-13)8(2)12/h7-10H,3-6,12H2,1-2H3. The van der Waals surface area contributed by atoms with Crippen LogP contribution < -0.4 is 5.73 Å². The van der Waals surface area contributed by atoms with E-state index >= 15 is 0 Å². The monoisotopic (exact) mass is 212 g/mol. The minimum Gasteiger partial charge on any atom is -0.373 e. The van der Waals surface area contributed by atoms with Gasteiger partial charge in [0.25, 0.3) is 0 Å². The molecule has 0 spiro atoms. The summed E-state index contributed by atoms with van der Waals surface area (Å²) in [6.07, 6.45) is 1.07. The van der Waals surface area contributed by atoms with Gasteiger partial charge >= 0.3 is 0 Å². The van der Waals surface area contributed by atoms with Crippen molar-refractivity contribution in [1.29, 1.82) is 0 Å². The van der Waals surface area contributed by atoms with Crippen LogP contribution in [0, 0.1) is 11.8 Å². The van der Waals surface area contributed by atoms with Gasteiger partial charge in [0, 0.05) is 25.0 Å². The maximum atomic E-state index is 12.0. The highest BCUT2D eigenvalue weighted by Crippen LogP contribution is 2.39. The van der Waals surface area contributed by atoms with Crippen LogP contribution in [0.3, 0.4) is 0 Å². The Morgan fingerprint density at radius 2 is 2.27 bits per heavy atom. The van der Waals surface area contributed by atoms with E-state index < -0.39 is 0 Å². The van der Waals surface area contributed by atoms with Gasteiger partial charge in [0.1, 0.15) is 0 Å². The van der Waals surface area contributed by atoms with Crippen molar-refractivity contribution >= 4 is 5.91 Å². The van der Waals surface area contributed by atoms with Crippen LogP contribution in [0.5, 0.6) is 0 Å². The fraction of sp³-hybridized carbons (Fsp3) is 0.909. The summed E-state index contributed by atoms with van der Waals surface area (Å²) in [6.45, 7) is 6.08. The lowest BCUT2D eigenvalue weighted by atomic mass is 10.1. The number of hydrogen-bond donors (Lipinski definition) is 1. The summed E-state index contributed by atoms with van der Waals surface area (Å²) in [5, 5.41) is 0.